The molecule has 0 aromatic carbocycles. The maximum atomic E-state index is 12.4. The first-order valence-corrected chi connectivity index (χ1v) is 7.50. The Morgan fingerprint density at radius 3 is 2.83 bits per heavy atom. The molecule has 0 atom stereocenters. The molecule has 116 valence electrons. The molecule has 1 saturated heterocycles. The second-order valence-electron chi connectivity index (χ2n) is 5.36. The first kappa shape index (κ1) is 13.6. The first-order chi connectivity index (χ1) is 11.3. The Morgan fingerprint density at radius 1 is 1.17 bits per heavy atom. The summed E-state index contributed by atoms with van der Waals surface area (Å²) in [5, 5.41) is 14.8. The number of carbonyl (C=O) groups excluding carboxylic acids is 1. The van der Waals surface area contributed by atoms with E-state index < -0.39 is 0 Å². The second kappa shape index (κ2) is 5.64. The molecule has 0 spiro atoms. The van der Waals surface area contributed by atoms with Gasteiger partial charge in [0, 0.05) is 19.3 Å². The Bertz CT molecular complexity index is 839. The molecule has 0 radical (unpaired) electrons. The van der Waals surface area contributed by atoms with E-state index in [2.05, 4.69) is 30.5 Å². The highest BCUT2D eigenvalue weighted by atomic mass is 16.2. The summed E-state index contributed by atoms with van der Waals surface area (Å²) in [5.74, 6) is 0.939. The topological polar surface area (TPSA) is 88.3 Å². The van der Waals surface area contributed by atoms with Gasteiger partial charge in [0.2, 0.25) is 0 Å². The summed E-state index contributed by atoms with van der Waals surface area (Å²) in [6.07, 6.45) is 5.41. The number of hydrogen-bond donors (Lipinski definition) is 1. The Balaban J connectivity index is 1.66. The quantitative estimate of drug-likeness (QED) is 0.786. The van der Waals surface area contributed by atoms with Crippen molar-refractivity contribution in [3.05, 3.63) is 42.4 Å². The van der Waals surface area contributed by atoms with E-state index in [1.165, 1.54) is 19.0 Å². The van der Waals surface area contributed by atoms with Crippen molar-refractivity contribution in [1.82, 2.24) is 24.8 Å². The average Bonchev–Trinajstić information content (AvgIpc) is 3.25. The monoisotopic (exact) mass is 309 g/mol. The zero-order chi connectivity index (χ0) is 15.6. The van der Waals surface area contributed by atoms with E-state index >= 15 is 0 Å². The molecule has 23 heavy (non-hydrogen) atoms. The third-order valence-corrected chi connectivity index (χ3v) is 3.82. The summed E-state index contributed by atoms with van der Waals surface area (Å²) in [4.78, 5) is 18.9. The van der Waals surface area contributed by atoms with Gasteiger partial charge in [-0.15, -0.1) is 10.2 Å². The molecule has 0 unspecified atom stereocenters. The highest BCUT2D eigenvalue weighted by Gasteiger charge is 2.18. The van der Waals surface area contributed by atoms with Gasteiger partial charge in [0.05, 0.1) is 6.20 Å². The van der Waals surface area contributed by atoms with Gasteiger partial charge in [-0.1, -0.05) is 0 Å². The van der Waals surface area contributed by atoms with E-state index in [9.17, 15) is 4.79 Å². The summed E-state index contributed by atoms with van der Waals surface area (Å²) in [6.45, 7) is 1.99. The molecular weight excluding hydrogens is 294 g/mol. The van der Waals surface area contributed by atoms with Crippen molar-refractivity contribution in [1.29, 1.82) is 0 Å². The van der Waals surface area contributed by atoms with Crippen molar-refractivity contribution in [3.63, 3.8) is 0 Å². The van der Waals surface area contributed by atoms with E-state index in [-0.39, 0.29) is 5.91 Å². The van der Waals surface area contributed by atoms with Crippen molar-refractivity contribution in [2.45, 2.75) is 12.8 Å². The molecule has 1 N–H and O–H groups in total. The van der Waals surface area contributed by atoms with E-state index in [4.69, 9.17) is 0 Å². The fraction of sp³-hybridized carbons (Fsp3) is 0.267. The van der Waals surface area contributed by atoms with Crippen LogP contribution in [0, 0.1) is 0 Å². The lowest BCUT2D eigenvalue weighted by Crippen LogP contribution is -2.21. The van der Waals surface area contributed by atoms with Gasteiger partial charge in [-0.3, -0.25) is 4.79 Å². The van der Waals surface area contributed by atoms with Crippen LogP contribution in [0.4, 0.5) is 11.6 Å². The van der Waals surface area contributed by atoms with Crippen molar-refractivity contribution >= 4 is 23.2 Å². The largest absolute Gasteiger partial charge is 0.355 e. The van der Waals surface area contributed by atoms with Gasteiger partial charge in [0.25, 0.3) is 5.91 Å². The normalized spacial score (nSPS) is 14.3. The van der Waals surface area contributed by atoms with Crippen LogP contribution in [-0.2, 0) is 0 Å². The molecule has 1 aliphatic heterocycles. The molecule has 1 aliphatic rings. The third kappa shape index (κ3) is 2.59. The Hall–Kier alpha value is -3.03. The number of anilines is 2. The maximum absolute atomic E-state index is 12.4. The summed E-state index contributed by atoms with van der Waals surface area (Å²) >= 11 is 0. The van der Waals surface area contributed by atoms with Crippen molar-refractivity contribution in [3.8, 4) is 0 Å². The number of nitrogens with one attached hydrogen (secondary N) is 1. The minimum atomic E-state index is -0.316. The number of nitrogens with zero attached hydrogens (tertiary/aromatic N) is 6. The highest BCUT2D eigenvalue weighted by molar-refractivity contribution is 6.02. The molecule has 4 heterocycles. The summed E-state index contributed by atoms with van der Waals surface area (Å²) < 4.78 is 1.57. The number of hydrogen-bond acceptors (Lipinski definition) is 6. The van der Waals surface area contributed by atoms with Gasteiger partial charge in [-0.25, -0.2) is 9.50 Å². The van der Waals surface area contributed by atoms with Crippen molar-refractivity contribution < 1.29 is 4.79 Å². The van der Waals surface area contributed by atoms with Crippen LogP contribution < -0.4 is 10.2 Å². The minimum Gasteiger partial charge on any atom is -0.355 e. The number of rotatable bonds is 3. The standard InChI is InChI=1S/C15H15N7O/c23-15(18-12-4-3-7-17-19-12)11-10-16-13-5-6-14(20-22(11)13)21-8-1-2-9-21/h3-7,10H,1-2,8-9H2,(H,18,19,23). The number of imidazole rings is 1. The predicted octanol–water partition coefficient (Wildman–Crippen LogP) is 1.37. The van der Waals surface area contributed by atoms with Crippen LogP contribution in [0.3, 0.4) is 0 Å². The zero-order valence-corrected chi connectivity index (χ0v) is 12.4. The first-order valence-electron chi connectivity index (χ1n) is 7.50. The number of amides is 1. The molecule has 1 amide bonds. The summed E-state index contributed by atoms with van der Waals surface area (Å²) in [5.41, 5.74) is 1.00. The summed E-state index contributed by atoms with van der Waals surface area (Å²) in [6, 6.07) is 7.20. The van der Waals surface area contributed by atoms with Crippen LogP contribution >= 0.6 is 0 Å². The van der Waals surface area contributed by atoms with Gasteiger partial charge in [0.1, 0.15) is 5.82 Å². The molecule has 4 rings (SSSR count). The lowest BCUT2D eigenvalue weighted by molar-refractivity contribution is 0.102. The van der Waals surface area contributed by atoms with Gasteiger partial charge in [0.15, 0.2) is 17.2 Å². The lowest BCUT2D eigenvalue weighted by atomic mass is 10.4. The fourth-order valence-corrected chi connectivity index (χ4v) is 2.68. The van der Waals surface area contributed by atoms with Crippen molar-refractivity contribution in [2.24, 2.45) is 0 Å². The number of aromatic nitrogens is 5. The van der Waals surface area contributed by atoms with Gasteiger partial charge < -0.3 is 10.2 Å². The van der Waals surface area contributed by atoms with Gasteiger partial charge >= 0.3 is 0 Å². The van der Waals surface area contributed by atoms with Crippen LogP contribution in [-0.4, -0.2) is 43.8 Å². The zero-order valence-electron chi connectivity index (χ0n) is 12.4. The molecule has 8 nitrogen and oxygen atoms in total. The van der Waals surface area contributed by atoms with Crippen LogP contribution in [0.5, 0.6) is 0 Å². The van der Waals surface area contributed by atoms with E-state index in [0.29, 0.717) is 17.2 Å². The van der Waals surface area contributed by atoms with E-state index in [0.717, 1.165) is 18.9 Å². The Morgan fingerprint density at radius 2 is 2.04 bits per heavy atom. The van der Waals surface area contributed by atoms with Crippen molar-refractivity contribution in [2.75, 3.05) is 23.3 Å². The Labute approximate surface area is 132 Å². The molecule has 0 bridgehead atoms. The molecule has 1 fully saturated rings. The molecular formula is C15H15N7O. The van der Waals surface area contributed by atoms with Gasteiger partial charge in [-0.2, -0.15) is 5.10 Å². The van der Waals surface area contributed by atoms with E-state index in [1.807, 2.05) is 12.1 Å². The second-order valence-corrected chi connectivity index (χ2v) is 5.36. The van der Waals surface area contributed by atoms with Crippen LogP contribution in [0.25, 0.3) is 5.65 Å². The van der Waals surface area contributed by atoms with Crippen LogP contribution in [0.1, 0.15) is 23.3 Å². The molecule has 8 heteroatoms. The predicted molar refractivity (Wildman–Crippen MR) is 84.4 cm³/mol. The number of fused-ring (bicyclic) bond motifs is 1. The lowest BCUT2D eigenvalue weighted by Gasteiger charge is -2.16. The smallest absolute Gasteiger partial charge is 0.277 e. The fourth-order valence-electron chi connectivity index (χ4n) is 2.68. The highest BCUT2D eigenvalue weighted by Crippen LogP contribution is 2.18. The Kier molecular flexibility index (Phi) is 3.34. The van der Waals surface area contributed by atoms with Crippen LogP contribution in [0.15, 0.2) is 36.7 Å². The summed E-state index contributed by atoms with van der Waals surface area (Å²) in [7, 11) is 0. The molecule has 0 aliphatic carbocycles. The SMILES string of the molecule is O=C(Nc1cccnn1)c1cnc2ccc(N3CCCC3)nn12. The molecule has 3 aromatic rings. The molecule has 3 aromatic heterocycles. The average molecular weight is 309 g/mol. The van der Waals surface area contributed by atoms with Gasteiger partial charge in [-0.05, 0) is 37.1 Å². The molecule has 0 saturated carbocycles. The number of carbonyl (C=O) groups is 1. The van der Waals surface area contributed by atoms with Crippen LogP contribution in [0.2, 0.25) is 0 Å². The van der Waals surface area contributed by atoms with E-state index in [1.54, 1.807) is 22.8 Å². The maximum Gasteiger partial charge on any atom is 0.277 e. The minimum absolute atomic E-state index is 0.316. The third-order valence-electron chi connectivity index (χ3n) is 3.82.